The van der Waals surface area contributed by atoms with E-state index in [0.717, 1.165) is 31.1 Å². The summed E-state index contributed by atoms with van der Waals surface area (Å²) in [5.74, 6) is 0. The lowest BCUT2D eigenvalue weighted by Crippen LogP contribution is -2.01. The third kappa shape index (κ3) is 2.03. The molecule has 14 heavy (non-hydrogen) atoms. The SMILES string of the molecule is CCCc1c(C=O)ccc(C)c1CC. The van der Waals surface area contributed by atoms with Crippen molar-refractivity contribution in [2.24, 2.45) is 0 Å². The number of rotatable bonds is 4. The lowest BCUT2D eigenvalue weighted by molar-refractivity contribution is 0.112. The van der Waals surface area contributed by atoms with Crippen LogP contribution in [0.1, 0.15) is 47.3 Å². The molecule has 0 atom stereocenters. The Balaban J connectivity index is 3.27. The number of hydrogen-bond acceptors (Lipinski definition) is 1. The summed E-state index contributed by atoms with van der Waals surface area (Å²) < 4.78 is 0. The van der Waals surface area contributed by atoms with Gasteiger partial charge in [-0.05, 0) is 36.5 Å². The van der Waals surface area contributed by atoms with Gasteiger partial charge in [0.05, 0.1) is 0 Å². The molecule has 0 aliphatic carbocycles. The zero-order valence-corrected chi connectivity index (χ0v) is 9.26. The second kappa shape index (κ2) is 4.94. The molecule has 0 radical (unpaired) electrons. The largest absolute Gasteiger partial charge is 0.298 e. The molecule has 0 fully saturated rings. The van der Waals surface area contributed by atoms with Crippen LogP contribution in [0.5, 0.6) is 0 Å². The molecule has 1 aromatic carbocycles. The Morgan fingerprint density at radius 1 is 1.21 bits per heavy atom. The van der Waals surface area contributed by atoms with E-state index >= 15 is 0 Å². The lowest BCUT2D eigenvalue weighted by Gasteiger charge is -2.12. The molecule has 1 heteroatoms. The molecule has 0 bridgehead atoms. The normalized spacial score (nSPS) is 10.2. The Morgan fingerprint density at radius 2 is 1.93 bits per heavy atom. The summed E-state index contributed by atoms with van der Waals surface area (Å²) in [5, 5.41) is 0. The standard InChI is InChI=1S/C13H18O/c1-4-6-13-11(9-14)8-7-10(3)12(13)5-2/h7-9H,4-6H2,1-3H3. The van der Waals surface area contributed by atoms with Crippen LogP contribution >= 0.6 is 0 Å². The molecule has 0 unspecified atom stereocenters. The second-order valence-electron chi connectivity index (χ2n) is 3.65. The van der Waals surface area contributed by atoms with Crippen LogP contribution in [0.2, 0.25) is 0 Å². The van der Waals surface area contributed by atoms with E-state index in [-0.39, 0.29) is 0 Å². The van der Waals surface area contributed by atoms with Crippen LogP contribution in [0.3, 0.4) is 0 Å². The molecule has 0 aromatic heterocycles. The monoisotopic (exact) mass is 190 g/mol. The summed E-state index contributed by atoms with van der Waals surface area (Å²) in [6, 6.07) is 3.98. The molecule has 76 valence electrons. The maximum atomic E-state index is 10.9. The first-order valence-electron chi connectivity index (χ1n) is 5.31. The van der Waals surface area contributed by atoms with Crippen molar-refractivity contribution in [1.82, 2.24) is 0 Å². The average Bonchev–Trinajstić information content (AvgIpc) is 2.19. The molecule has 0 spiro atoms. The first-order chi connectivity index (χ1) is 6.74. The summed E-state index contributed by atoms with van der Waals surface area (Å²) in [7, 11) is 0. The van der Waals surface area contributed by atoms with Crippen LogP contribution in [-0.2, 0) is 12.8 Å². The van der Waals surface area contributed by atoms with E-state index in [2.05, 4.69) is 20.8 Å². The number of hydrogen-bond donors (Lipinski definition) is 0. The molecule has 1 aromatic rings. The van der Waals surface area contributed by atoms with Gasteiger partial charge in [0.1, 0.15) is 6.29 Å². The van der Waals surface area contributed by atoms with Gasteiger partial charge in [-0.25, -0.2) is 0 Å². The molecule has 0 aliphatic rings. The fourth-order valence-electron chi connectivity index (χ4n) is 1.98. The highest BCUT2D eigenvalue weighted by molar-refractivity contribution is 5.78. The van der Waals surface area contributed by atoms with Gasteiger partial charge in [0.25, 0.3) is 0 Å². The van der Waals surface area contributed by atoms with Crippen LogP contribution in [0.15, 0.2) is 12.1 Å². The smallest absolute Gasteiger partial charge is 0.150 e. The van der Waals surface area contributed by atoms with Gasteiger partial charge in [-0.2, -0.15) is 0 Å². The molecule has 0 saturated heterocycles. The molecule has 0 saturated carbocycles. The highest BCUT2D eigenvalue weighted by Gasteiger charge is 2.08. The van der Waals surface area contributed by atoms with Crippen molar-refractivity contribution in [3.05, 3.63) is 34.4 Å². The Hall–Kier alpha value is -1.11. The van der Waals surface area contributed by atoms with Crippen LogP contribution in [0.25, 0.3) is 0 Å². The number of carbonyl (C=O) groups is 1. The summed E-state index contributed by atoms with van der Waals surface area (Å²) in [6.07, 6.45) is 4.10. The minimum Gasteiger partial charge on any atom is -0.298 e. The predicted octanol–water partition coefficient (Wildman–Crippen LogP) is 3.32. The summed E-state index contributed by atoms with van der Waals surface area (Å²) in [5.41, 5.74) is 4.79. The van der Waals surface area contributed by atoms with Crippen molar-refractivity contribution in [2.45, 2.75) is 40.0 Å². The maximum absolute atomic E-state index is 10.9. The van der Waals surface area contributed by atoms with Crippen molar-refractivity contribution in [3.8, 4) is 0 Å². The highest BCUT2D eigenvalue weighted by atomic mass is 16.1. The maximum Gasteiger partial charge on any atom is 0.150 e. The molecule has 0 heterocycles. The molecular weight excluding hydrogens is 172 g/mol. The van der Waals surface area contributed by atoms with E-state index in [9.17, 15) is 4.79 Å². The van der Waals surface area contributed by atoms with Crippen molar-refractivity contribution < 1.29 is 4.79 Å². The molecule has 0 amide bonds. The van der Waals surface area contributed by atoms with Crippen molar-refractivity contribution >= 4 is 6.29 Å². The first-order valence-corrected chi connectivity index (χ1v) is 5.31. The number of aryl methyl sites for hydroxylation is 1. The average molecular weight is 190 g/mol. The lowest BCUT2D eigenvalue weighted by atomic mass is 9.92. The van der Waals surface area contributed by atoms with Gasteiger partial charge in [0, 0.05) is 5.56 Å². The Morgan fingerprint density at radius 3 is 2.43 bits per heavy atom. The Kier molecular flexibility index (Phi) is 3.87. The number of benzene rings is 1. The molecule has 1 rings (SSSR count). The zero-order chi connectivity index (χ0) is 10.6. The summed E-state index contributed by atoms with van der Waals surface area (Å²) in [4.78, 5) is 10.9. The highest BCUT2D eigenvalue weighted by Crippen LogP contribution is 2.20. The van der Waals surface area contributed by atoms with E-state index in [1.807, 2.05) is 12.1 Å². The van der Waals surface area contributed by atoms with Crippen LogP contribution < -0.4 is 0 Å². The predicted molar refractivity (Wildman–Crippen MR) is 59.9 cm³/mol. The fraction of sp³-hybridized carbons (Fsp3) is 0.462. The van der Waals surface area contributed by atoms with E-state index in [0.29, 0.717) is 0 Å². The minimum atomic E-state index is 0.870. The van der Waals surface area contributed by atoms with Gasteiger partial charge < -0.3 is 0 Å². The molecular formula is C13H18O. The molecule has 0 aliphatic heterocycles. The third-order valence-electron chi connectivity index (χ3n) is 2.68. The van der Waals surface area contributed by atoms with Gasteiger partial charge in [0.2, 0.25) is 0 Å². The summed E-state index contributed by atoms with van der Waals surface area (Å²) in [6.45, 7) is 6.42. The number of aldehydes is 1. The van der Waals surface area contributed by atoms with E-state index in [1.54, 1.807) is 0 Å². The fourth-order valence-corrected chi connectivity index (χ4v) is 1.98. The Bertz CT molecular complexity index is 326. The first kappa shape index (κ1) is 11.0. The topological polar surface area (TPSA) is 17.1 Å². The van der Waals surface area contributed by atoms with Crippen LogP contribution in [0, 0.1) is 6.92 Å². The molecule has 0 N–H and O–H groups in total. The van der Waals surface area contributed by atoms with E-state index in [1.165, 1.54) is 16.7 Å². The van der Waals surface area contributed by atoms with E-state index in [4.69, 9.17) is 0 Å². The number of carbonyl (C=O) groups excluding carboxylic acids is 1. The molecule has 1 nitrogen and oxygen atoms in total. The quantitative estimate of drug-likeness (QED) is 0.666. The van der Waals surface area contributed by atoms with Crippen molar-refractivity contribution in [2.75, 3.05) is 0 Å². The third-order valence-corrected chi connectivity index (χ3v) is 2.68. The van der Waals surface area contributed by atoms with Crippen LogP contribution in [-0.4, -0.2) is 6.29 Å². The van der Waals surface area contributed by atoms with E-state index < -0.39 is 0 Å². The van der Waals surface area contributed by atoms with Gasteiger partial charge >= 0.3 is 0 Å². The second-order valence-corrected chi connectivity index (χ2v) is 3.65. The van der Waals surface area contributed by atoms with Crippen molar-refractivity contribution in [3.63, 3.8) is 0 Å². The summed E-state index contributed by atoms with van der Waals surface area (Å²) >= 11 is 0. The van der Waals surface area contributed by atoms with Crippen LogP contribution in [0.4, 0.5) is 0 Å². The zero-order valence-electron chi connectivity index (χ0n) is 9.26. The van der Waals surface area contributed by atoms with Crippen molar-refractivity contribution in [1.29, 1.82) is 0 Å². The minimum absolute atomic E-state index is 0.870. The van der Waals surface area contributed by atoms with Gasteiger partial charge in [0.15, 0.2) is 0 Å². The van der Waals surface area contributed by atoms with Gasteiger partial charge in [-0.1, -0.05) is 32.4 Å². The van der Waals surface area contributed by atoms with Gasteiger partial charge in [-0.3, -0.25) is 4.79 Å². The van der Waals surface area contributed by atoms with Gasteiger partial charge in [-0.15, -0.1) is 0 Å². The Labute approximate surface area is 86.1 Å².